The van der Waals surface area contributed by atoms with Crippen LogP contribution in [-0.4, -0.2) is 22.4 Å². The van der Waals surface area contributed by atoms with Gasteiger partial charge in [-0.1, -0.05) is 0 Å². The maximum atomic E-state index is 12.0. The summed E-state index contributed by atoms with van der Waals surface area (Å²) in [4.78, 5) is 12.0. The standard InChI is InChI=1S/C12H18N2O2S/c1-3-14-12(15)6-7-17(16)11-5-4-10(13)8-9(11)2/h4-5,8H,3,6-7,13H2,1-2H3,(H,14,15). The minimum atomic E-state index is -1.14. The van der Waals surface area contributed by atoms with Crippen LogP contribution in [0.15, 0.2) is 23.1 Å². The van der Waals surface area contributed by atoms with Gasteiger partial charge < -0.3 is 11.1 Å². The number of aryl methyl sites for hydroxylation is 1. The summed E-state index contributed by atoms with van der Waals surface area (Å²) in [7, 11) is -1.14. The smallest absolute Gasteiger partial charge is 0.220 e. The molecule has 3 N–H and O–H groups in total. The van der Waals surface area contributed by atoms with Crippen molar-refractivity contribution >= 4 is 22.4 Å². The minimum Gasteiger partial charge on any atom is -0.399 e. The molecular weight excluding hydrogens is 236 g/mol. The molecule has 1 unspecified atom stereocenters. The highest BCUT2D eigenvalue weighted by atomic mass is 32.2. The highest BCUT2D eigenvalue weighted by molar-refractivity contribution is 7.85. The van der Waals surface area contributed by atoms with Gasteiger partial charge in [0.1, 0.15) is 0 Å². The monoisotopic (exact) mass is 254 g/mol. The van der Waals surface area contributed by atoms with E-state index in [0.29, 0.717) is 18.0 Å². The summed E-state index contributed by atoms with van der Waals surface area (Å²) in [6, 6.07) is 5.28. The zero-order valence-electron chi connectivity index (χ0n) is 10.2. The van der Waals surface area contributed by atoms with Crippen LogP contribution in [0.25, 0.3) is 0 Å². The van der Waals surface area contributed by atoms with Crippen LogP contribution in [0.1, 0.15) is 18.9 Å². The lowest BCUT2D eigenvalue weighted by Gasteiger charge is -2.06. The Morgan fingerprint density at radius 3 is 2.76 bits per heavy atom. The molecule has 0 aliphatic carbocycles. The van der Waals surface area contributed by atoms with E-state index in [9.17, 15) is 9.00 Å². The van der Waals surface area contributed by atoms with Crippen LogP contribution in [0, 0.1) is 6.92 Å². The molecule has 0 aliphatic rings. The zero-order valence-corrected chi connectivity index (χ0v) is 11.0. The largest absolute Gasteiger partial charge is 0.399 e. The number of anilines is 1. The number of carbonyl (C=O) groups excluding carboxylic acids is 1. The summed E-state index contributed by atoms with van der Waals surface area (Å²) < 4.78 is 12.0. The summed E-state index contributed by atoms with van der Waals surface area (Å²) in [5.41, 5.74) is 7.19. The lowest BCUT2D eigenvalue weighted by molar-refractivity contribution is -0.120. The van der Waals surface area contributed by atoms with Gasteiger partial charge in [-0.2, -0.15) is 0 Å². The van der Waals surface area contributed by atoms with Gasteiger partial charge in [-0.3, -0.25) is 9.00 Å². The number of rotatable bonds is 5. The highest BCUT2D eigenvalue weighted by Gasteiger charge is 2.09. The zero-order chi connectivity index (χ0) is 12.8. The topological polar surface area (TPSA) is 72.2 Å². The summed E-state index contributed by atoms with van der Waals surface area (Å²) >= 11 is 0. The number of carbonyl (C=O) groups is 1. The van der Waals surface area contributed by atoms with Gasteiger partial charge in [-0.15, -0.1) is 0 Å². The molecule has 4 nitrogen and oxygen atoms in total. The Bertz CT molecular complexity index is 433. The normalized spacial score (nSPS) is 12.1. The van der Waals surface area contributed by atoms with Gasteiger partial charge >= 0.3 is 0 Å². The van der Waals surface area contributed by atoms with Gasteiger partial charge in [0.15, 0.2) is 0 Å². The fourth-order valence-corrected chi connectivity index (χ4v) is 2.74. The Morgan fingerprint density at radius 1 is 1.47 bits per heavy atom. The predicted octanol–water partition coefficient (Wildman–Crippen LogP) is 1.21. The predicted molar refractivity (Wildman–Crippen MR) is 70.2 cm³/mol. The fraction of sp³-hybridized carbons (Fsp3) is 0.417. The van der Waals surface area contributed by atoms with Gasteiger partial charge in [0.2, 0.25) is 5.91 Å². The van der Waals surface area contributed by atoms with E-state index in [4.69, 9.17) is 5.73 Å². The van der Waals surface area contributed by atoms with Crippen molar-refractivity contribution in [2.45, 2.75) is 25.2 Å². The maximum absolute atomic E-state index is 12.0. The van der Waals surface area contributed by atoms with E-state index in [0.717, 1.165) is 10.5 Å². The van der Waals surface area contributed by atoms with Crippen molar-refractivity contribution in [3.8, 4) is 0 Å². The van der Waals surface area contributed by atoms with Crippen LogP contribution < -0.4 is 11.1 Å². The first-order valence-corrected chi connectivity index (χ1v) is 6.87. The average Bonchev–Trinajstić information content (AvgIpc) is 2.26. The molecule has 17 heavy (non-hydrogen) atoms. The van der Waals surface area contributed by atoms with Crippen LogP contribution in [-0.2, 0) is 15.6 Å². The molecule has 0 saturated carbocycles. The first-order valence-electron chi connectivity index (χ1n) is 5.55. The first kappa shape index (κ1) is 13.7. The van der Waals surface area contributed by atoms with E-state index in [1.807, 2.05) is 13.8 Å². The van der Waals surface area contributed by atoms with Crippen molar-refractivity contribution < 1.29 is 9.00 Å². The molecule has 1 aromatic carbocycles. The minimum absolute atomic E-state index is 0.0612. The third-order valence-corrected chi connectivity index (χ3v) is 3.86. The molecule has 1 aromatic rings. The molecule has 94 valence electrons. The van der Waals surface area contributed by atoms with Gasteiger partial charge in [0, 0.05) is 29.3 Å². The summed E-state index contributed by atoms with van der Waals surface area (Å²) in [6.45, 7) is 4.33. The number of hydrogen-bond acceptors (Lipinski definition) is 3. The maximum Gasteiger partial charge on any atom is 0.220 e. The Hall–Kier alpha value is -1.36. The fourth-order valence-electron chi connectivity index (χ4n) is 1.51. The quantitative estimate of drug-likeness (QED) is 0.776. The number of nitrogens with two attached hydrogens (primary N) is 1. The lowest BCUT2D eigenvalue weighted by Crippen LogP contribution is -2.24. The van der Waals surface area contributed by atoms with Crippen LogP contribution in [0.3, 0.4) is 0 Å². The van der Waals surface area contributed by atoms with Crippen LogP contribution >= 0.6 is 0 Å². The van der Waals surface area contributed by atoms with E-state index in [2.05, 4.69) is 5.32 Å². The number of benzene rings is 1. The number of nitrogens with one attached hydrogen (secondary N) is 1. The summed E-state index contributed by atoms with van der Waals surface area (Å²) in [5, 5.41) is 2.68. The van der Waals surface area contributed by atoms with Crippen molar-refractivity contribution in [3.63, 3.8) is 0 Å². The molecule has 1 amide bonds. The molecular formula is C12H18N2O2S. The lowest BCUT2D eigenvalue weighted by atomic mass is 10.2. The molecule has 0 saturated heterocycles. The average molecular weight is 254 g/mol. The van der Waals surface area contributed by atoms with Crippen molar-refractivity contribution in [2.75, 3.05) is 18.0 Å². The van der Waals surface area contributed by atoms with E-state index in [1.165, 1.54) is 0 Å². The van der Waals surface area contributed by atoms with Gasteiger partial charge in [-0.25, -0.2) is 0 Å². The summed E-state index contributed by atoms with van der Waals surface area (Å²) in [6.07, 6.45) is 0.282. The van der Waals surface area contributed by atoms with Gasteiger partial charge in [0.05, 0.1) is 10.8 Å². The van der Waals surface area contributed by atoms with Gasteiger partial charge in [-0.05, 0) is 37.6 Å². The molecule has 0 heterocycles. The SMILES string of the molecule is CCNC(=O)CCS(=O)c1ccc(N)cc1C. The molecule has 5 heteroatoms. The van der Waals surface area contributed by atoms with Crippen molar-refractivity contribution in [1.82, 2.24) is 5.32 Å². The number of hydrogen-bond donors (Lipinski definition) is 2. The van der Waals surface area contributed by atoms with E-state index in [1.54, 1.807) is 18.2 Å². The van der Waals surface area contributed by atoms with Crippen LogP contribution in [0.2, 0.25) is 0 Å². The second-order valence-corrected chi connectivity index (χ2v) is 5.32. The molecule has 0 radical (unpaired) electrons. The van der Waals surface area contributed by atoms with E-state index >= 15 is 0 Å². The van der Waals surface area contributed by atoms with Crippen LogP contribution in [0.5, 0.6) is 0 Å². The summed E-state index contributed by atoms with van der Waals surface area (Å²) in [5.74, 6) is 0.283. The number of amides is 1. The molecule has 0 spiro atoms. The van der Waals surface area contributed by atoms with E-state index < -0.39 is 10.8 Å². The van der Waals surface area contributed by atoms with Gasteiger partial charge in [0.25, 0.3) is 0 Å². The Labute approximate surface area is 104 Å². The molecule has 1 atom stereocenters. The third-order valence-electron chi connectivity index (χ3n) is 2.33. The van der Waals surface area contributed by atoms with Crippen molar-refractivity contribution in [2.24, 2.45) is 0 Å². The van der Waals surface area contributed by atoms with Crippen molar-refractivity contribution in [1.29, 1.82) is 0 Å². The number of nitrogen functional groups attached to an aromatic ring is 1. The Balaban J connectivity index is 2.61. The van der Waals surface area contributed by atoms with E-state index in [-0.39, 0.29) is 12.3 Å². The molecule has 0 aromatic heterocycles. The molecule has 0 aliphatic heterocycles. The molecule has 0 bridgehead atoms. The highest BCUT2D eigenvalue weighted by Crippen LogP contribution is 2.16. The second kappa shape index (κ2) is 6.39. The van der Waals surface area contributed by atoms with Crippen LogP contribution in [0.4, 0.5) is 5.69 Å². The Morgan fingerprint density at radius 2 is 2.18 bits per heavy atom. The second-order valence-electron chi connectivity index (χ2n) is 3.78. The molecule has 1 rings (SSSR count). The van der Waals surface area contributed by atoms with Crippen molar-refractivity contribution in [3.05, 3.63) is 23.8 Å². The third kappa shape index (κ3) is 4.19. The first-order chi connectivity index (χ1) is 8.04. The molecule has 0 fully saturated rings. The Kier molecular flexibility index (Phi) is 5.15.